The third kappa shape index (κ3) is 4.79. The molecule has 0 unspecified atom stereocenters. The van der Waals surface area contributed by atoms with Gasteiger partial charge in [0.15, 0.2) is 0 Å². The van der Waals surface area contributed by atoms with Crippen molar-refractivity contribution in [1.82, 2.24) is 10.9 Å². The Kier molecular flexibility index (Phi) is 5.70. The normalized spacial score (nSPS) is 11.6. The highest BCUT2D eigenvalue weighted by atomic mass is 32.2. The molecule has 1 atom stereocenters. The molecular formula is C16H14F2N2O2S. The largest absolute Gasteiger partial charge is 0.272 e. The highest BCUT2D eigenvalue weighted by molar-refractivity contribution is 8.00. The summed E-state index contributed by atoms with van der Waals surface area (Å²) in [5.74, 6) is -2.18. The van der Waals surface area contributed by atoms with Crippen molar-refractivity contribution in [2.24, 2.45) is 0 Å². The Morgan fingerprint density at radius 1 is 1.04 bits per heavy atom. The minimum atomic E-state index is -0.720. The number of benzene rings is 2. The van der Waals surface area contributed by atoms with Crippen molar-refractivity contribution in [1.29, 1.82) is 0 Å². The van der Waals surface area contributed by atoms with E-state index >= 15 is 0 Å². The molecule has 2 rings (SSSR count). The molecule has 2 aromatic carbocycles. The summed E-state index contributed by atoms with van der Waals surface area (Å²) in [7, 11) is 0. The van der Waals surface area contributed by atoms with Crippen LogP contribution in [0.2, 0.25) is 0 Å². The first-order valence-electron chi connectivity index (χ1n) is 6.74. The van der Waals surface area contributed by atoms with Crippen LogP contribution in [0.4, 0.5) is 8.78 Å². The van der Waals surface area contributed by atoms with Gasteiger partial charge >= 0.3 is 0 Å². The smallest absolute Gasteiger partial charge is 0.269 e. The van der Waals surface area contributed by atoms with E-state index in [9.17, 15) is 18.4 Å². The second-order valence-corrected chi connectivity index (χ2v) is 6.03. The number of nitrogens with one attached hydrogen (secondary N) is 2. The van der Waals surface area contributed by atoms with Crippen LogP contribution in [-0.4, -0.2) is 17.1 Å². The summed E-state index contributed by atoms with van der Waals surface area (Å²) < 4.78 is 26.6. The van der Waals surface area contributed by atoms with Gasteiger partial charge in [-0.25, -0.2) is 8.78 Å². The van der Waals surface area contributed by atoms with Gasteiger partial charge in [0.2, 0.25) is 0 Å². The molecule has 0 aliphatic heterocycles. The topological polar surface area (TPSA) is 58.2 Å². The predicted molar refractivity (Wildman–Crippen MR) is 83.7 cm³/mol. The van der Waals surface area contributed by atoms with Crippen molar-refractivity contribution < 1.29 is 18.4 Å². The molecule has 4 nitrogen and oxygen atoms in total. The number of halogens is 2. The van der Waals surface area contributed by atoms with E-state index in [1.165, 1.54) is 6.92 Å². The lowest BCUT2D eigenvalue weighted by atomic mass is 10.2. The Balaban J connectivity index is 1.90. The standard InChI is InChI=1S/C16H14F2N2O2S/c1-10(23-14-9-12(17)7-8-13(14)18)15(21)19-20-16(22)11-5-3-2-4-6-11/h2-10H,1H3,(H,19,21)(H,20,22)/t10-/m1/s1. The second kappa shape index (κ2) is 7.73. The molecule has 2 N–H and O–H groups in total. The number of carbonyl (C=O) groups is 2. The second-order valence-electron chi connectivity index (χ2n) is 4.64. The summed E-state index contributed by atoms with van der Waals surface area (Å²) in [4.78, 5) is 23.7. The van der Waals surface area contributed by atoms with Gasteiger partial charge in [0.05, 0.1) is 5.25 Å². The molecule has 120 valence electrons. The van der Waals surface area contributed by atoms with Crippen LogP contribution >= 0.6 is 11.8 Å². The third-order valence-corrected chi connectivity index (χ3v) is 4.04. The highest BCUT2D eigenvalue weighted by Gasteiger charge is 2.17. The van der Waals surface area contributed by atoms with Crippen LogP contribution in [0.5, 0.6) is 0 Å². The lowest BCUT2D eigenvalue weighted by Gasteiger charge is -2.13. The Morgan fingerprint density at radius 3 is 2.43 bits per heavy atom. The lowest BCUT2D eigenvalue weighted by Crippen LogP contribution is -2.44. The maximum atomic E-state index is 13.5. The van der Waals surface area contributed by atoms with E-state index in [0.717, 1.165) is 30.0 Å². The van der Waals surface area contributed by atoms with Crippen LogP contribution in [0.15, 0.2) is 53.4 Å². The van der Waals surface area contributed by atoms with Gasteiger partial charge in [-0.05, 0) is 37.3 Å². The molecule has 0 radical (unpaired) electrons. The fraction of sp³-hybridized carbons (Fsp3) is 0.125. The van der Waals surface area contributed by atoms with E-state index in [4.69, 9.17) is 0 Å². The summed E-state index contributed by atoms with van der Waals surface area (Å²) in [6.45, 7) is 1.53. The molecule has 2 aromatic rings. The molecule has 0 saturated heterocycles. The Bertz CT molecular complexity index is 710. The number of amides is 2. The number of hydrazine groups is 1. The van der Waals surface area contributed by atoms with Crippen LogP contribution in [0.25, 0.3) is 0 Å². The van der Waals surface area contributed by atoms with Gasteiger partial charge in [0, 0.05) is 10.5 Å². The SMILES string of the molecule is C[C@@H](Sc1cc(F)ccc1F)C(=O)NNC(=O)c1ccccc1. The first-order valence-corrected chi connectivity index (χ1v) is 7.62. The zero-order chi connectivity index (χ0) is 16.8. The Hall–Kier alpha value is -2.41. The van der Waals surface area contributed by atoms with Gasteiger partial charge in [-0.3, -0.25) is 20.4 Å². The number of hydrogen-bond donors (Lipinski definition) is 2. The number of carbonyl (C=O) groups excluding carboxylic acids is 2. The fourth-order valence-electron chi connectivity index (χ4n) is 1.69. The zero-order valence-electron chi connectivity index (χ0n) is 12.2. The maximum Gasteiger partial charge on any atom is 0.269 e. The third-order valence-electron chi connectivity index (χ3n) is 2.90. The predicted octanol–water partition coefficient (Wildman–Crippen LogP) is 2.91. The molecule has 0 aromatic heterocycles. The molecule has 2 amide bonds. The van der Waals surface area contributed by atoms with Gasteiger partial charge in [0.25, 0.3) is 11.8 Å². The zero-order valence-corrected chi connectivity index (χ0v) is 13.0. The fourth-order valence-corrected chi connectivity index (χ4v) is 2.60. The molecule has 0 aliphatic rings. The Labute approximate surface area is 136 Å². The van der Waals surface area contributed by atoms with Crippen LogP contribution in [0.3, 0.4) is 0 Å². The van der Waals surface area contributed by atoms with Crippen LogP contribution in [0, 0.1) is 11.6 Å². The highest BCUT2D eigenvalue weighted by Crippen LogP contribution is 2.26. The first-order chi connectivity index (χ1) is 11.0. The summed E-state index contributed by atoms with van der Waals surface area (Å²) in [6.07, 6.45) is 0. The van der Waals surface area contributed by atoms with Gasteiger partial charge < -0.3 is 0 Å². The number of thioether (sulfide) groups is 1. The number of hydrogen-bond acceptors (Lipinski definition) is 3. The van der Waals surface area contributed by atoms with Gasteiger partial charge in [-0.1, -0.05) is 18.2 Å². The van der Waals surface area contributed by atoms with Gasteiger partial charge in [-0.15, -0.1) is 11.8 Å². The van der Waals surface area contributed by atoms with Crippen molar-refractivity contribution in [2.75, 3.05) is 0 Å². The van der Waals surface area contributed by atoms with Crippen molar-refractivity contribution >= 4 is 23.6 Å². The van der Waals surface area contributed by atoms with Crippen molar-refractivity contribution in [3.05, 3.63) is 65.7 Å². The van der Waals surface area contributed by atoms with Crippen LogP contribution in [0.1, 0.15) is 17.3 Å². The average Bonchev–Trinajstić information content (AvgIpc) is 2.56. The molecule has 0 bridgehead atoms. The van der Waals surface area contributed by atoms with E-state index in [2.05, 4.69) is 10.9 Å². The molecule has 23 heavy (non-hydrogen) atoms. The quantitative estimate of drug-likeness (QED) is 0.667. The molecule has 0 spiro atoms. The van der Waals surface area contributed by atoms with E-state index in [-0.39, 0.29) is 4.90 Å². The first kappa shape index (κ1) is 17.0. The van der Waals surface area contributed by atoms with E-state index < -0.39 is 28.7 Å². The maximum absolute atomic E-state index is 13.5. The average molecular weight is 336 g/mol. The molecule has 0 heterocycles. The van der Waals surface area contributed by atoms with Crippen molar-refractivity contribution in [2.45, 2.75) is 17.1 Å². The molecule has 0 fully saturated rings. The summed E-state index contributed by atoms with van der Waals surface area (Å²) in [5.41, 5.74) is 4.92. The van der Waals surface area contributed by atoms with E-state index in [1.807, 2.05) is 0 Å². The van der Waals surface area contributed by atoms with Crippen molar-refractivity contribution in [3.8, 4) is 0 Å². The minimum absolute atomic E-state index is 0.0297. The molecule has 0 saturated carbocycles. The van der Waals surface area contributed by atoms with Gasteiger partial charge in [0.1, 0.15) is 11.6 Å². The summed E-state index contributed by atoms with van der Waals surface area (Å²) in [5, 5.41) is -0.720. The monoisotopic (exact) mass is 336 g/mol. The minimum Gasteiger partial charge on any atom is -0.272 e. The molecule has 7 heteroatoms. The molecule has 0 aliphatic carbocycles. The van der Waals surface area contributed by atoms with Crippen molar-refractivity contribution in [3.63, 3.8) is 0 Å². The number of rotatable bonds is 4. The van der Waals surface area contributed by atoms with Crippen LogP contribution in [-0.2, 0) is 4.79 Å². The molecular weight excluding hydrogens is 322 g/mol. The van der Waals surface area contributed by atoms with Gasteiger partial charge in [-0.2, -0.15) is 0 Å². The van der Waals surface area contributed by atoms with Crippen LogP contribution < -0.4 is 10.9 Å². The Morgan fingerprint density at radius 2 is 1.74 bits per heavy atom. The lowest BCUT2D eigenvalue weighted by molar-refractivity contribution is -0.121. The van der Waals surface area contributed by atoms with E-state index in [1.54, 1.807) is 30.3 Å². The van der Waals surface area contributed by atoms with E-state index in [0.29, 0.717) is 5.56 Å². The summed E-state index contributed by atoms with van der Waals surface area (Å²) >= 11 is 0.862. The summed E-state index contributed by atoms with van der Waals surface area (Å²) in [6, 6.07) is 11.4.